The summed E-state index contributed by atoms with van der Waals surface area (Å²) in [5, 5.41) is 2.86. The Hall–Kier alpha value is -3.65. The number of hydrogen-bond acceptors (Lipinski definition) is 4. The molecular formula is C23H22N4O3S. The Labute approximate surface area is 180 Å². The summed E-state index contributed by atoms with van der Waals surface area (Å²) in [7, 11) is -3.83. The number of hydrogen-bond donors (Lipinski definition) is 3. The predicted molar refractivity (Wildman–Crippen MR) is 120 cm³/mol. The fourth-order valence-electron chi connectivity index (χ4n) is 3.17. The van der Waals surface area contributed by atoms with Crippen LogP contribution in [0.2, 0.25) is 0 Å². The molecular weight excluding hydrogens is 412 g/mol. The average Bonchev–Trinajstić information content (AvgIpc) is 3.20. The zero-order valence-corrected chi connectivity index (χ0v) is 17.9. The van der Waals surface area contributed by atoms with E-state index in [1.54, 1.807) is 24.3 Å². The van der Waals surface area contributed by atoms with E-state index in [1.165, 1.54) is 12.1 Å². The highest BCUT2D eigenvalue weighted by molar-refractivity contribution is 7.92. The fourth-order valence-corrected chi connectivity index (χ4v) is 4.27. The largest absolute Gasteiger partial charge is 0.342 e. The number of carbonyl (C=O) groups excluding carboxylic acids is 1. The first kappa shape index (κ1) is 20.6. The summed E-state index contributed by atoms with van der Waals surface area (Å²) in [5.74, 6) is 0.236. The third-order valence-corrected chi connectivity index (χ3v) is 6.25. The Morgan fingerprint density at radius 3 is 2.48 bits per heavy atom. The molecule has 0 saturated carbocycles. The molecule has 0 saturated heterocycles. The van der Waals surface area contributed by atoms with Gasteiger partial charge in [-0.3, -0.25) is 9.52 Å². The number of aromatic nitrogens is 2. The number of anilines is 1. The summed E-state index contributed by atoms with van der Waals surface area (Å²) in [6.07, 6.45) is 0. The molecule has 0 spiro atoms. The maximum Gasteiger partial charge on any atom is 0.261 e. The van der Waals surface area contributed by atoms with Gasteiger partial charge in [-0.25, -0.2) is 13.4 Å². The summed E-state index contributed by atoms with van der Waals surface area (Å²) in [4.78, 5) is 20.4. The Bertz CT molecular complexity index is 1310. The molecule has 1 unspecified atom stereocenters. The number of nitrogens with zero attached hydrogens (tertiary/aromatic N) is 1. The molecule has 4 aromatic rings. The number of carbonyl (C=O) groups is 1. The summed E-state index contributed by atoms with van der Waals surface area (Å²) in [5.41, 5.74) is 3.43. The van der Waals surface area contributed by atoms with Crippen LogP contribution in [0.25, 0.3) is 11.0 Å². The van der Waals surface area contributed by atoms with E-state index in [4.69, 9.17) is 0 Å². The minimum atomic E-state index is -3.83. The van der Waals surface area contributed by atoms with E-state index in [0.717, 1.165) is 16.6 Å². The molecule has 1 aromatic heterocycles. The summed E-state index contributed by atoms with van der Waals surface area (Å²) in [6, 6.07) is 20.2. The Kier molecular flexibility index (Phi) is 5.48. The third-order valence-electron chi connectivity index (χ3n) is 4.88. The molecule has 0 aliphatic heterocycles. The lowest BCUT2D eigenvalue weighted by atomic mass is 10.2. The summed E-state index contributed by atoms with van der Waals surface area (Å²) < 4.78 is 28.0. The lowest BCUT2D eigenvalue weighted by Crippen LogP contribution is -2.27. The van der Waals surface area contributed by atoms with E-state index in [0.29, 0.717) is 11.5 Å². The lowest BCUT2D eigenvalue weighted by Gasteiger charge is -2.13. The van der Waals surface area contributed by atoms with Crippen LogP contribution in [0.15, 0.2) is 77.7 Å². The summed E-state index contributed by atoms with van der Waals surface area (Å²) >= 11 is 0. The van der Waals surface area contributed by atoms with Gasteiger partial charge < -0.3 is 10.3 Å². The van der Waals surface area contributed by atoms with Crippen molar-refractivity contribution in [1.29, 1.82) is 0 Å². The van der Waals surface area contributed by atoms with E-state index in [1.807, 2.05) is 50.2 Å². The molecule has 158 valence electrons. The highest BCUT2D eigenvalue weighted by Crippen LogP contribution is 2.19. The van der Waals surface area contributed by atoms with Gasteiger partial charge in [-0.1, -0.05) is 35.9 Å². The molecule has 0 bridgehead atoms. The van der Waals surface area contributed by atoms with Crippen molar-refractivity contribution in [3.63, 3.8) is 0 Å². The second-order valence-electron chi connectivity index (χ2n) is 7.33. The number of aromatic amines is 1. The molecule has 3 N–H and O–H groups in total. The number of rotatable bonds is 6. The fraction of sp³-hybridized carbons (Fsp3) is 0.130. The highest BCUT2D eigenvalue weighted by Gasteiger charge is 2.19. The second kappa shape index (κ2) is 8.23. The SMILES string of the molecule is Cc1ccc(NS(=O)(=O)c2cccc(C(=O)NC(C)c3nc4ccccc4[nH]3)c2)cc1. The highest BCUT2D eigenvalue weighted by atomic mass is 32.2. The van der Waals surface area contributed by atoms with Crippen LogP contribution < -0.4 is 10.0 Å². The molecule has 0 fully saturated rings. The zero-order valence-electron chi connectivity index (χ0n) is 17.1. The van der Waals surface area contributed by atoms with Crippen molar-refractivity contribution in [2.45, 2.75) is 24.8 Å². The number of sulfonamides is 1. The number of H-pyrrole nitrogens is 1. The number of nitrogens with one attached hydrogen (secondary N) is 3. The van der Waals surface area contributed by atoms with Crippen LogP contribution in [0.5, 0.6) is 0 Å². The Morgan fingerprint density at radius 1 is 1.00 bits per heavy atom. The maximum atomic E-state index is 12.8. The molecule has 0 aliphatic carbocycles. The zero-order chi connectivity index (χ0) is 22.0. The molecule has 3 aromatic carbocycles. The van der Waals surface area contributed by atoms with Gasteiger partial charge in [-0.05, 0) is 56.3 Å². The third kappa shape index (κ3) is 4.59. The second-order valence-corrected chi connectivity index (χ2v) is 9.02. The molecule has 8 heteroatoms. The predicted octanol–water partition coefficient (Wildman–Crippen LogP) is 4.16. The number of amides is 1. The van der Waals surface area contributed by atoms with Gasteiger partial charge in [-0.2, -0.15) is 0 Å². The van der Waals surface area contributed by atoms with Gasteiger partial charge in [0.2, 0.25) is 0 Å². The van der Waals surface area contributed by atoms with Gasteiger partial charge in [0.05, 0.1) is 22.0 Å². The van der Waals surface area contributed by atoms with E-state index < -0.39 is 10.0 Å². The molecule has 1 atom stereocenters. The minimum absolute atomic E-state index is 0.0112. The first-order chi connectivity index (χ1) is 14.8. The molecule has 7 nitrogen and oxygen atoms in total. The normalized spacial score (nSPS) is 12.5. The van der Waals surface area contributed by atoms with Gasteiger partial charge >= 0.3 is 0 Å². The van der Waals surface area contributed by atoms with Gasteiger partial charge in [-0.15, -0.1) is 0 Å². The summed E-state index contributed by atoms with van der Waals surface area (Å²) in [6.45, 7) is 3.74. The molecule has 31 heavy (non-hydrogen) atoms. The van der Waals surface area contributed by atoms with Crippen LogP contribution in [0.3, 0.4) is 0 Å². The monoisotopic (exact) mass is 434 g/mol. The number of fused-ring (bicyclic) bond motifs is 1. The van der Waals surface area contributed by atoms with E-state index in [9.17, 15) is 13.2 Å². The quantitative estimate of drug-likeness (QED) is 0.424. The molecule has 1 amide bonds. The van der Waals surface area contributed by atoms with Crippen molar-refractivity contribution >= 4 is 32.7 Å². The molecule has 0 aliphatic rings. The van der Waals surface area contributed by atoms with E-state index >= 15 is 0 Å². The van der Waals surface area contributed by atoms with Gasteiger partial charge in [0.25, 0.3) is 15.9 Å². The van der Waals surface area contributed by atoms with Crippen LogP contribution in [0, 0.1) is 6.92 Å². The Balaban J connectivity index is 1.51. The van der Waals surface area contributed by atoms with Crippen LogP contribution in [-0.2, 0) is 10.0 Å². The number of para-hydroxylation sites is 2. The van der Waals surface area contributed by atoms with E-state index in [2.05, 4.69) is 20.0 Å². The van der Waals surface area contributed by atoms with Crippen molar-refractivity contribution in [1.82, 2.24) is 15.3 Å². The number of benzene rings is 3. The van der Waals surface area contributed by atoms with Crippen molar-refractivity contribution < 1.29 is 13.2 Å². The van der Waals surface area contributed by atoms with Gasteiger partial charge in [0, 0.05) is 11.3 Å². The van der Waals surface area contributed by atoms with Crippen molar-refractivity contribution in [2.75, 3.05) is 4.72 Å². The first-order valence-electron chi connectivity index (χ1n) is 9.77. The topological polar surface area (TPSA) is 104 Å². The molecule has 1 heterocycles. The van der Waals surface area contributed by atoms with E-state index in [-0.39, 0.29) is 22.4 Å². The van der Waals surface area contributed by atoms with Crippen molar-refractivity contribution in [3.8, 4) is 0 Å². The van der Waals surface area contributed by atoms with Gasteiger partial charge in [0.1, 0.15) is 5.82 Å². The minimum Gasteiger partial charge on any atom is -0.342 e. The van der Waals surface area contributed by atoms with Crippen LogP contribution >= 0.6 is 0 Å². The molecule has 4 rings (SSSR count). The van der Waals surface area contributed by atoms with Crippen LogP contribution in [0.1, 0.15) is 34.7 Å². The number of imidazole rings is 1. The number of aryl methyl sites for hydroxylation is 1. The van der Waals surface area contributed by atoms with Crippen molar-refractivity contribution in [3.05, 3.63) is 89.7 Å². The smallest absolute Gasteiger partial charge is 0.261 e. The molecule has 0 radical (unpaired) electrons. The standard InChI is InChI=1S/C23H22N4O3S/c1-15-10-12-18(13-11-15)27-31(29,30)19-7-5-6-17(14-19)23(28)24-16(2)22-25-20-8-3-4-9-21(20)26-22/h3-14,16,27H,1-2H3,(H,24,28)(H,25,26). The van der Waals surface area contributed by atoms with Gasteiger partial charge in [0.15, 0.2) is 0 Å². The maximum absolute atomic E-state index is 12.8. The average molecular weight is 435 g/mol. The lowest BCUT2D eigenvalue weighted by molar-refractivity contribution is 0.0938. The first-order valence-corrected chi connectivity index (χ1v) is 11.3. The Morgan fingerprint density at radius 2 is 1.74 bits per heavy atom. The van der Waals surface area contributed by atoms with Crippen molar-refractivity contribution in [2.24, 2.45) is 0 Å². The van der Waals surface area contributed by atoms with Crippen LogP contribution in [0.4, 0.5) is 5.69 Å². The van der Waals surface area contributed by atoms with Crippen LogP contribution in [-0.4, -0.2) is 24.3 Å².